The van der Waals surface area contributed by atoms with Gasteiger partial charge in [0.25, 0.3) is 5.22 Å². The summed E-state index contributed by atoms with van der Waals surface area (Å²) >= 11 is 7.09. The normalized spacial score (nSPS) is 10.4. The van der Waals surface area contributed by atoms with Gasteiger partial charge in [-0.15, -0.1) is 0 Å². The number of amides is 1. The number of nitrogens with one attached hydrogen (secondary N) is 1. The van der Waals surface area contributed by atoms with E-state index >= 15 is 0 Å². The number of anilines is 1. The van der Waals surface area contributed by atoms with Gasteiger partial charge >= 0.3 is 0 Å². The van der Waals surface area contributed by atoms with Gasteiger partial charge in [-0.25, -0.2) is 4.98 Å². The topological polar surface area (TPSA) is 78.9 Å². The first kappa shape index (κ1) is 15.4. The zero-order chi connectivity index (χ0) is 16.2. The number of carbonyl (C=O) groups excluding carboxylic acids is 1. The summed E-state index contributed by atoms with van der Waals surface area (Å²) in [5, 5.41) is 12.6. The van der Waals surface area contributed by atoms with Crippen molar-refractivity contribution in [2.45, 2.75) is 5.22 Å². The fraction of sp³-hybridized carbons (Fsp3) is 0.0625. The molecule has 0 atom stereocenters. The molecule has 0 fully saturated rings. The Balaban J connectivity index is 1.62. The number of aromatic nitrogens is 1. The summed E-state index contributed by atoms with van der Waals surface area (Å²) in [6.45, 7) is 0. The SMILES string of the molecule is N#Cc1cccc(NC(=O)CSc2nc3cc(Cl)ccc3o2)c1. The monoisotopic (exact) mass is 343 g/mol. The predicted octanol–water partition coefficient (Wildman–Crippen LogP) is 4.08. The molecule has 0 saturated heterocycles. The molecule has 0 radical (unpaired) electrons. The van der Waals surface area contributed by atoms with Gasteiger partial charge in [0.05, 0.1) is 17.4 Å². The fourth-order valence-electron chi connectivity index (χ4n) is 1.93. The van der Waals surface area contributed by atoms with Crippen molar-refractivity contribution < 1.29 is 9.21 Å². The molecule has 5 nitrogen and oxygen atoms in total. The molecule has 1 amide bonds. The van der Waals surface area contributed by atoms with E-state index in [0.717, 1.165) is 0 Å². The van der Waals surface area contributed by atoms with Crippen molar-refractivity contribution in [1.29, 1.82) is 5.26 Å². The van der Waals surface area contributed by atoms with E-state index in [4.69, 9.17) is 21.3 Å². The number of nitrogens with zero attached hydrogens (tertiary/aromatic N) is 2. The van der Waals surface area contributed by atoms with Gasteiger partial charge in [-0.2, -0.15) is 5.26 Å². The largest absolute Gasteiger partial charge is 0.431 e. The quantitative estimate of drug-likeness (QED) is 0.722. The standard InChI is InChI=1S/C16H10ClN3O2S/c17-11-4-5-14-13(7-11)20-16(22-14)23-9-15(21)19-12-3-1-2-10(6-12)8-18/h1-7H,9H2,(H,19,21). The van der Waals surface area contributed by atoms with Crippen LogP contribution in [0.4, 0.5) is 5.69 Å². The Labute approximate surface area is 141 Å². The number of oxazole rings is 1. The maximum absolute atomic E-state index is 11.9. The Kier molecular flexibility index (Phi) is 4.51. The molecule has 114 valence electrons. The lowest BCUT2D eigenvalue weighted by molar-refractivity contribution is -0.113. The maximum atomic E-state index is 11.9. The molecule has 0 bridgehead atoms. The Morgan fingerprint density at radius 3 is 3.04 bits per heavy atom. The highest BCUT2D eigenvalue weighted by Gasteiger charge is 2.10. The third-order valence-electron chi connectivity index (χ3n) is 2.93. The number of rotatable bonds is 4. The Morgan fingerprint density at radius 1 is 1.35 bits per heavy atom. The van der Waals surface area contributed by atoms with Gasteiger partial charge in [-0.05, 0) is 36.4 Å². The van der Waals surface area contributed by atoms with Crippen molar-refractivity contribution in [3.63, 3.8) is 0 Å². The van der Waals surface area contributed by atoms with Crippen LogP contribution >= 0.6 is 23.4 Å². The van der Waals surface area contributed by atoms with Crippen molar-refractivity contribution in [2.75, 3.05) is 11.1 Å². The number of nitriles is 1. The minimum absolute atomic E-state index is 0.150. The first-order chi connectivity index (χ1) is 11.1. The van der Waals surface area contributed by atoms with Crippen LogP contribution in [0.2, 0.25) is 5.02 Å². The van der Waals surface area contributed by atoms with Crippen LogP contribution in [0.5, 0.6) is 0 Å². The molecule has 1 N–H and O–H groups in total. The van der Waals surface area contributed by atoms with Crippen molar-refractivity contribution in [1.82, 2.24) is 4.98 Å². The van der Waals surface area contributed by atoms with E-state index in [1.165, 1.54) is 11.8 Å². The molecule has 0 aliphatic rings. The second-order valence-corrected chi connectivity index (χ2v) is 5.98. The van der Waals surface area contributed by atoms with E-state index in [-0.39, 0.29) is 11.7 Å². The molecular weight excluding hydrogens is 334 g/mol. The molecular formula is C16H10ClN3O2S. The molecule has 0 unspecified atom stereocenters. The van der Waals surface area contributed by atoms with Gasteiger partial charge in [0.15, 0.2) is 5.58 Å². The smallest absolute Gasteiger partial charge is 0.257 e. The zero-order valence-electron chi connectivity index (χ0n) is 11.7. The van der Waals surface area contributed by atoms with Gasteiger partial charge in [0.2, 0.25) is 5.91 Å². The molecule has 1 heterocycles. The predicted molar refractivity (Wildman–Crippen MR) is 89.5 cm³/mol. The highest BCUT2D eigenvalue weighted by atomic mass is 35.5. The van der Waals surface area contributed by atoms with Crippen LogP contribution in [0, 0.1) is 11.3 Å². The molecule has 23 heavy (non-hydrogen) atoms. The van der Waals surface area contributed by atoms with E-state index in [9.17, 15) is 4.79 Å². The molecule has 0 aliphatic heterocycles. The Morgan fingerprint density at radius 2 is 2.22 bits per heavy atom. The van der Waals surface area contributed by atoms with E-state index in [0.29, 0.717) is 32.6 Å². The molecule has 0 saturated carbocycles. The van der Waals surface area contributed by atoms with Gasteiger partial charge < -0.3 is 9.73 Å². The number of hydrogen-bond donors (Lipinski definition) is 1. The van der Waals surface area contributed by atoms with Gasteiger partial charge in [0.1, 0.15) is 5.52 Å². The number of fused-ring (bicyclic) bond motifs is 1. The minimum Gasteiger partial charge on any atom is -0.431 e. The lowest BCUT2D eigenvalue weighted by Gasteiger charge is -2.03. The van der Waals surface area contributed by atoms with Crippen LogP contribution in [0.25, 0.3) is 11.1 Å². The molecule has 2 aromatic carbocycles. The highest BCUT2D eigenvalue weighted by molar-refractivity contribution is 7.99. The van der Waals surface area contributed by atoms with Gasteiger partial charge in [-0.1, -0.05) is 29.4 Å². The molecule has 3 rings (SSSR count). The summed E-state index contributed by atoms with van der Waals surface area (Å²) in [4.78, 5) is 16.2. The van der Waals surface area contributed by atoms with Crippen LogP contribution in [-0.4, -0.2) is 16.6 Å². The number of carbonyl (C=O) groups is 1. The second-order valence-electron chi connectivity index (χ2n) is 4.62. The van der Waals surface area contributed by atoms with E-state index in [2.05, 4.69) is 10.3 Å². The van der Waals surface area contributed by atoms with Crippen molar-refractivity contribution in [2.24, 2.45) is 0 Å². The van der Waals surface area contributed by atoms with Gasteiger partial charge in [-0.3, -0.25) is 4.79 Å². The maximum Gasteiger partial charge on any atom is 0.257 e. The Hall–Kier alpha value is -2.49. The van der Waals surface area contributed by atoms with Crippen molar-refractivity contribution >= 4 is 46.1 Å². The lowest BCUT2D eigenvalue weighted by atomic mass is 10.2. The van der Waals surface area contributed by atoms with E-state index in [1.54, 1.807) is 42.5 Å². The molecule has 3 aromatic rings. The molecule has 1 aromatic heterocycles. The number of thioether (sulfide) groups is 1. The average Bonchev–Trinajstić information content (AvgIpc) is 2.95. The first-order valence-electron chi connectivity index (χ1n) is 6.63. The lowest BCUT2D eigenvalue weighted by Crippen LogP contribution is -2.14. The minimum atomic E-state index is -0.203. The summed E-state index contributed by atoms with van der Waals surface area (Å²) in [5.74, 6) is -0.0532. The van der Waals surface area contributed by atoms with Crippen LogP contribution in [-0.2, 0) is 4.79 Å². The fourth-order valence-corrected chi connectivity index (χ4v) is 2.74. The van der Waals surface area contributed by atoms with Crippen LogP contribution in [0.15, 0.2) is 52.1 Å². The first-order valence-corrected chi connectivity index (χ1v) is 7.99. The average molecular weight is 344 g/mol. The van der Waals surface area contributed by atoms with E-state index in [1.807, 2.05) is 6.07 Å². The van der Waals surface area contributed by atoms with Crippen molar-refractivity contribution in [3.05, 3.63) is 53.1 Å². The molecule has 0 spiro atoms. The number of halogens is 1. The van der Waals surface area contributed by atoms with Crippen LogP contribution in [0.1, 0.15) is 5.56 Å². The molecule has 0 aliphatic carbocycles. The third kappa shape index (κ3) is 3.83. The number of hydrogen-bond acceptors (Lipinski definition) is 5. The zero-order valence-corrected chi connectivity index (χ0v) is 13.3. The van der Waals surface area contributed by atoms with Crippen molar-refractivity contribution in [3.8, 4) is 6.07 Å². The summed E-state index contributed by atoms with van der Waals surface area (Å²) in [5.41, 5.74) is 2.35. The Bertz CT molecular complexity index is 917. The summed E-state index contributed by atoms with van der Waals surface area (Å²) in [6.07, 6.45) is 0. The third-order valence-corrected chi connectivity index (χ3v) is 4.00. The van der Waals surface area contributed by atoms with Crippen LogP contribution in [0.3, 0.4) is 0 Å². The van der Waals surface area contributed by atoms with Gasteiger partial charge in [0, 0.05) is 10.7 Å². The van der Waals surface area contributed by atoms with Crippen LogP contribution < -0.4 is 5.32 Å². The molecule has 7 heteroatoms. The summed E-state index contributed by atoms with van der Waals surface area (Å²) in [7, 11) is 0. The number of benzene rings is 2. The second kappa shape index (κ2) is 6.73. The van der Waals surface area contributed by atoms with E-state index < -0.39 is 0 Å². The summed E-state index contributed by atoms with van der Waals surface area (Å²) < 4.78 is 5.53. The summed E-state index contributed by atoms with van der Waals surface area (Å²) in [6, 6.07) is 13.9. The highest BCUT2D eigenvalue weighted by Crippen LogP contribution is 2.25.